The van der Waals surface area contributed by atoms with Gasteiger partial charge in [-0.15, -0.1) is 11.3 Å². The zero-order chi connectivity index (χ0) is 14.3. The Bertz CT molecular complexity index is 416. The van der Waals surface area contributed by atoms with E-state index in [1.807, 2.05) is 25.3 Å². The van der Waals surface area contributed by atoms with E-state index in [9.17, 15) is 4.79 Å². The van der Waals surface area contributed by atoms with Crippen molar-refractivity contribution in [3.05, 3.63) is 22.4 Å². The van der Waals surface area contributed by atoms with Crippen LogP contribution in [0.5, 0.6) is 0 Å². The smallest absolute Gasteiger partial charge is 0.223 e. The van der Waals surface area contributed by atoms with Gasteiger partial charge in [-0.05, 0) is 38.1 Å². The van der Waals surface area contributed by atoms with Crippen LogP contribution in [0, 0.1) is 0 Å². The highest BCUT2D eigenvalue weighted by molar-refractivity contribution is 7.09. The van der Waals surface area contributed by atoms with Crippen molar-refractivity contribution in [2.45, 2.75) is 39.2 Å². The van der Waals surface area contributed by atoms with Gasteiger partial charge in [-0.25, -0.2) is 0 Å². The topological polar surface area (TPSA) is 78.9 Å². The summed E-state index contributed by atoms with van der Waals surface area (Å²) < 4.78 is 0. The molecule has 0 aliphatic rings. The molecule has 6 heteroatoms. The summed E-state index contributed by atoms with van der Waals surface area (Å²) in [6.07, 6.45) is 2.21. The number of carbonyl (C=O) groups excluding carboxylic acids is 1. The number of oxime groups is 1. The number of hydrogen-bond acceptors (Lipinski definition) is 4. The molecule has 0 saturated carbocycles. The van der Waals surface area contributed by atoms with Gasteiger partial charge < -0.3 is 15.8 Å². The number of rotatable bonds is 7. The molecule has 0 aliphatic heterocycles. The van der Waals surface area contributed by atoms with Crippen LogP contribution >= 0.6 is 11.3 Å². The minimum Gasteiger partial charge on any atom is -0.409 e. The third-order valence-electron chi connectivity index (χ3n) is 2.80. The second-order valence-electron chi connectivity index (χ2n) is 4.64. The van der Waals surface area contributed by atoms with Gasteiger partial charge in [-0.1, -0.05) is 11.2 Å². The van der Waals surface area contributed by atoms with Crippen LogP contribution in [-0.4, -0.2) is 34.4 Å². The van der Waals surface area contributed by atoms with Gasteiger partial charge in [0.25, 0.3) is 0 Å². The van der Waals surface area contributed by atoms with Gasteiger partial charge in [0.1, 0.15) is 0 Å². The van der Waals surface area contributed by atoms with Crippen molar-refractivity contribution in [2.75, 3.05) is 6.54 Å². The molecule has 106 valence electrons. The van der Waals surface area contributed by atoms with Crippen molar-refractivity contribution in [3.8, 4) is 0 Å². The minimum atomic E-state index is 0.0366. The van der Waals surface area contributed by atoms with E-state index in [1.54, 1.807) is 16.2 Å². The molecule has 1 heterocycles. The zero-order valence-electron chi connectivity index (χ0n) is 11.4. The Kier molecular flexibility index (Phi) is 6.35. The number of carbonyl (C=O) groups is 1. The van der Waals surface area contributed by atoms with Crippen LogP contribution in [0.2, 0.25) is 0 Å². The molecule has 0 unspecified atom stereocenters. The second kappa shape index (κ2) is 7.78. The van der Waals surface area contributed by atoms with Crippen LogP contribution in [0.25, 0.3) is 0 Å². The highest BCUT2D eigenvalue weighted by Gasteiger charge is 2.17. The average Bonchev–Trinajstić information content (AvgIpc) is 2.88. The molecular formula is C13H21N3O2S. The van der Waals surface area contributed by atoms with Crippen LogP contribution in [0.4, 0.5) is 0 Å². The molecule has 5 nitrogen and oxygen atoms in total. The minimum absolute atomic E-state index is 0.0366. The summed E-state index contributed by atoms with van der Waals surface area (Å²) in [6.45, 7) is 4.01. The summed E-state index contributed by atoms with van der Waals surface area (Å²) in [5, 5.41) is 13.5. The van der Waals surface area contributed by atoms with Crippen molar-refractivity contribution in [2.24, 2.45) is 10.9 Å². The molecule has 0 bridgehead atoms. The van der Waals surface area contributed by atoms with E-state index in [4.69, 9.17) is 10.9 Å². The van der Waals surface area contributed by atoms with Gasteiger partial charge >= 0.3 is 0 Å². The first-order valence-electron chi connectivity index (χ1n) is 6.32. The Morgan fingerprint density at radius 3 is 2.84 bits per heavy atom. The first-order chi connectivity index (χ1) is 9.04. The quantitative estimate of drug-likeness (QED) is 0.348. The summed E-state index contributed by atoms with van der Waals surface area (Å²) in [6, 6.07) is 4.13. The fourth-order valence-corrected chi connectivity index (χ4v) is 2.53. The predicted octanol–water partition coefficient (Wildman–Crippen LogP) is 2.05. The predicted molar refractivity (Wildman–Crippen MR) is 77.5 cm³/mol. The first kappa shape index (κ1) is 15.5. The first-order valence-corrected chi connectivity index (χ1v) is 7.20. The molecular weight excluding hydrogens is 262 g/mol. The van der Waals surface area contributed by atoms with Crippen molar-refractivity contribution >= 4 is 23.1 Å². The number of nitrogens with zero attached hydrogens (tertiary/aromatic N) is 2. The molecule has 0 atom stereocenters. The maximum absolute atomic E-state index is 12.1. The van der Waals surface area contributed by atoms with E-state index in [1.165, 1.54) is 4.88 Å². The summed E-state index contributed by atoms with van der Waals surface area (Å²) >= 11 is 1.71. The molecule has 0 aliphatic carbocycles. The number of hydrogen-bond donors (Lipinski definition) is 2. The molecule has 0 saturated heterocycles. The third-order valence-corrected chi connectivity index (χ3v) is 3.73. The van der Waals surface area contributed by atoms with Gasteiger partial charge in [-0.2, -0.15) is 0 Å². The van der Waals surface area contributed by atoms with Gasteiger partial charge in [0, 0.05) is 17.3 Å². The molecule has 1 amide bonds. The average molecular weight is 283 g/mol. The van der Waals surface area contributed by atoms with E-state index < -0.39 is 0 Å². The molecule has 1 rings (SSSR count). The molecule has 0 spiro atoms. The third kappa shape index (κ3) is 5.30. The lowest BCUT2D eigenvalue weighted by molar-refractivity contribution is -0.132. The Morgan fingerprint density at radius 1 is 1.58 bits per heavy atom. The second-order valence-corrected chi connectivity index (χ2v) is 5.67. The van der Waals surface area contributed by atoms with E-state index in [0.717, 1.165) is 12.8 Å². The standard InChI is InChI=1S/C13H21N3O2S/c1-10(2)16(9-12(14)15-18)13(17)7-3-5-11-6-4-8-19-11/h4,6,8,10,18H,3,5,7,9H2,1-2H3,(H2,14,15). The summed E-state index contributed by atoms with van der Waals surface area (Å²) in [5.41, 5.74) is 5.46. The Balaban J connectivity index is 2.43. The molecule has 0 fully saturated rings. The molecule has 1 aromatic rings. The van der Waals surface area contributed by atoms with Crippen LogP contribution in [0.1, 0.15) is 31.6 Å². The normalized spacial score (nSPS) is 11.8. The van der Waals surface area contributed by atoms with Crippen molar-refractivity contribution < 1.29 is 10.0 Å². The lowest BCUT2D eigenvalue weighted by Crippen LogP contribution is -2.42. The van der Waals surface area contributed by atoms with Crippen LogP contribution < -0.4 is 5.73 Å². The molecule has 0 radical (unpaired) electrons. The Morgan fingerprint density at radius 2 is 2.32 bits per heavy atom. The molecule has 1 aromatic heterocycles. The summed E-state index contributed by atoms with van der Waals surface area (Å²) in [4.78, 5) is 15.0. The maximum atomic E-state index is 12.1. The highest BCUT2D eigenvalue weighted by Crippen LogP contribution is 2.13. The molecule has 3 N–H and O–H groups in total. The van der Waals surface area contributed by atoms with E-state index in [0.29, 0.717) is 6.42 Å². The van der Waals surface area contributed by atoms with E-state index in [-0.39, 0.29) is 24.3 Å². The monoisotopic (exact) mass is 283 g/mol. The Labute approximate surface area is 117 Å². The van der Waals surface area contributed by atoms with E-state index >= 15 is 0 Å². The fourth-order valence-electron chi connectivity index (χ4n) is 1.78. The van der Waals surface area contributed by atoms with Gasteiger partial charge in [0.05, 0.1) is 6.54 Å². The van der Waals surface area contributed by atoms with Crippen molar-refractivity contribution in [3.63, 3.8) is 0 Å². The summed E-state index contributed by atoms with van der Waals surface area (Å²) in [7, 11) is 0. The molecule has 19 heavy (non-hydrogen) atoms. The van der Waals surface area contributed by atoms with Crippen LogP contribution in [-0.2, 0) is 11.2 Å². The largest absolute Gasteiger partial charge is 0.409 e. The lowest BCUT2D eigenvalue weighted by atomic mass is 10.2. The van der Waals surface area contributed by atoms with E-state index in [2.05, 4.69) is 11.2 Å². The number of aryl methyl sites for hydroxylation is 1. The van der Waals surface area contributed by atoms with Gasteiger partial charge in [0.2, 0.25) is 5.91 Å². The summed E-state index contributed by atoms with van der Waals surface area (Å²) in [5.74, 6) is 0.0958. The highest BCUT2D eigenvalue weighted by atomic mass is 32.1. The van der Waals surface area contributed by atoms with Crippen LogP contribution in [0.3, 0.4) is 0 Å². The fraction of sp³-hybridized carbons (Fsp3) is 0.538. The SMILES string of the molecule is CC(C)N(CC(N)=NO)C(=O)CCCc1cccs1. The van der Waals surface area contributed by atoms with Crippen LogP contribution in [0.15, 0.2) is 22.7 Å². The molecule has 0 aromatic carbocycles. The van der Waals surface area contributed by atoms with Crippen molar-refractivity contribution in [1.29, 1.82) is 0 Å². The number of thiophene rings is 1. The lowest BCUT2D eigenvalue weighted by Gasteiger charge is -2.26. The zero-order valence-corrected chi connectivity index (χ0v) is 12.2. The van der Waals surface area contributed by atoms with Crippen molar-refractivity contribution in [1.82, 2.24) is 4.90 Å². The maximum Gasteiger partial charge on any atom is 0.223 e. The number of amides is 1. The Hall–Kier alpha value is -1.56. The van der Waals surface area contributed by atoms with Gasteiger partial charge in [0.15, 0.2) is 5.84 Å². The number of nitrogens with two attached hydrogens (primary N) is 1. The van der Waals surface area contributed by atoms with Gasteiger partial charge in [-0.3, -0.25) is 4.79 Å². The number of amidine groups is 1.